The van der Waals surface area contributed by atoms with Gasteiger partial charge >= 0.3 is 5.97 Å². The number of carbonyl (C=O) groups is 2. The summed E-state index contributed by atoms with van der Waals surface area (Å²) in [6.07, 6.45) is 0. The zero-order valence-electron chi connectivity index (χ0n) is 11.0. The van der Waals surface area contributed by atoms with Gasteiger partial charge in [-0.25, -0.2) is 9.18 Å². The molecule has 0 heterocycles. The fourth-order valence-electron chi connectivity index (χ4n) is 1.68. The van der Waals surface area contributed by atoms with Gasteiger partial charge in [-0.15, -0.1) is 0 Å². The number of benzene rings is 2. The van der Waals surface area contributed by atoms with Crippen molar-refractivity contribution in [2.75, 3.05) is 12.4 Å². The average molecular weight is 308 g/mol. The lowest BCUT2D eigenvalue weighted by molar-refractivity contribution is 0.0600. The van der Waals surface area contributed by atoms with Crippen LogP contribution in [0.4, 0.5) is 10.1 Å². The van der Waals surface area contributed by atoms with Gasteiger partial charge < -0.3 is 10.1 Å². The van der Waals surface area contributed by atoms with Gasteiger partial charge in [0.1, 0.15) is 5.82 Å². The number of amides is 1. The largest absolute Gasteiger partial charge is 0.465 e. The van der Waals surface area contributed by atoms with Gasteiger partial charge in [0.15, 0.2) is 0 Å². The first-order valence-corrected chi connectivity index (χ1v) is 6.34. The van der Waals surface area contributed by atoms with Crippen LogP contribution in [0.2, 0.25) is 5.02 Å². The second kappa shape index (κ2) is 6.37. The molecule has 1 N–H and O–H groups in total. The third-order valence-electron chi connectivity index (χ3n) is 2.74. The van der Waals surface area contributed by atoms with Gasteiger partial charge in [-0.05, 0) is 42.5 Å². The molecule has 0 spiro atoms. The van der Waals surface area contributed by atoms with Crippen molar-refractivity contribution >= 4 is 29.2 Å². The van der Waals surface area contributed by atoms with Crippen molar-refractivity contribution in [1.29, 1.82) is 0 Å². The molecule has 0 unspecified atom stereocenters. The number of anilines is 1. The maximum atomic E-state index is 13.6. The second-order valence-electron chi connectivity index (χ2n) is 4.15. The van der Waals surface area contributed by atoms with Crippen molar-refractivity contribution < 1.29 is 18.7 Å². The molecular formula is C15H11ClFNO3. The van der Waals surface area contributed by atoms with Crippen LogP contribution in [0.15, 0.2) is 42.5 Å². The number of hydrogen-bond acceptors (Lipinski definition) is 3. The minimum absolute atomic E-state index is 0.153. The highest BCUT2D eigenvalue weighted by molar-refractivity contribution is 6.31. The van der Waals surface area contributed by atoms with E-state index < -0.39 is 17.7 Å². The highest BCUT2D eigenvalue weighted by atomic mass is 35.5. The average Bonchev–Trinajstić information content (AvgIpc) is 2.49. The van der Waals surface area contributed by atoms with Gasteiger partial charge in [0.05, 0.1) is 18.2 Å². The Kier molecular flexibility index (Phi) is 4.55. The van der Waals surface area contributed by atoms with Crippen LogP contribution < -0.4 is 5.32 Å². The van der Waals surface area contributed by atoms with E-state index in [4.69, 9.17) is 11.6 Å². The molecule has 4 nitrogen and oxygen atoms in total. The molecule has 0 aliphatic rings. The van der Waals surface area contributed by atoms with E-state index in [1.165, 1.54) is 43.5 Å². The fraction of sp³-hybridized carbons (Fsp3) is 0.0667. The van der Waals surface area contributed by atoms with Gasteiger partial charge in [-0.1, -0.05) is 11.6 Å². The SMILES string of the molecule is COC(=O)c1ccc(NC(=O)c2cc(Cl)ccc2F)cc1. The fourth-order valence-corrected chi connectivity index (χ4v) is 1.85. The highest BCUT2D eigenvalue weighted by Crippen LogP contribution is 2.17. The van der Waals surface area contributed by atoms with E-state index in [1.54, 1.807) is 0 Å². The highest BCUT2D eigenvalue weighted by Gasteiger charge is 2.13. The number of esters is 1. The summed E-state index contributed by atoms with van der Waals surface area (Å²) in [5.41, 5.74) is 0.621. The molecule has 0 radical (unpaired) electrons. The Balaban J connectivity index is 2.16. The summed E-state index contributed by atoms with van der Waals surface area (Å²) in [5.74, 6) is -1.77. The van der Waals surface area contributed by atoms with Crippen molar-refractivity contribution in [3.05, 3.63) is 64.4 Å². The quantitative estimate of drug-likeness (QED) is 0.883. The lowest BCUT2D eigenvalue weighted by Gasteiger charge is -2.07. The first-order valence-electron chi connectivity index (χ1n) is 5.96. The first kappa shape index (κ1) is 15.0. The normalized spacial score (nSPS) is 10.0. The van der Waals surface area contributed by atoms with Crippen LogP contribution in [0.5, 0.6) is 0 Å². The number of halogens is 2. The smallest absolute Gasteiger partial charge is 0.337 e. The van der Waals surface area contributed by atoms with Crippen molar-refractivity contribution in [2.24, 2.45) is 0 Å². The molecule has 0 saturated carbocycles. The maximum Gasteiger partial charge on any atom is 0.337 e. The van der Waals surface area contributed by atoms with Gasteiger partial charge in [-0.2, -0.15) is 0 Å². The number of methoxy groups -OCH3 is 1. The molecule has 0 aliphatic heterocycles. The zero-order valence-corrected chi connectivity index (χ0v) is 11.8. The first-order chi connectivity index (χ1) is 10.0. The van der Waals surface area contributed by atoms with Crippen LogP contribution in [0.25, 0.3) is 0 Å². The monoisotopic (exact) mass is 307 g/mol. The van der Waals surface area contributed by atoms with Crippen LogP contribution in [0, 0.1) is 5.82 Å². The molecule has 21 heavy (non-hydrogen) atoms. The van der Waals surface area contributed by atoms with Crippen LogP contribution >= 0.6 is 11.6 Å². The Labute approximate surface area is 125 Å². The summed E-state index contributed by atoms with van der Waals surface area (Å²) in [6.45, 7) is 0. The summed E-state index contributed by atoms with van der Waals surface area (Å²) >= 11 is 5.74. The maximum absolute atomic E-state index is 13.6. The molecule has 108 valence electrons. The molecule has 0 bridgehead atoms. The van der Waals surface area contributed by atoms with Crippen molar-refractivity contribution in [3.8, 4) is 0 Å². The summed E-state index contributed by atoms with van der Waals surface area (Å²) < 4.78 is 18.1. The lowest BCUT2D eigenvalue weighted by Crippen LogP contribution is -2.14. The van der Waals surface area contributed by atoms with Crippen molar-refractivity contribution in [1.82, 2.24) is 0 Å². The van der Waals surface area contributed by atoms with Gasteiger partial charge in [-0.3, -0.25) is 4.79 Å². The van der Waals surface area contributed by atoms with E-state index >= 15 is 0 Å². The van der Waals surface area contributed by atoms with Crippen LogP contribution in [-0.2, 0) is 4.74 Å². The Morgan fingerprint density at radius 2 is 1.81 bits per heavy atom. The number of ether oxygens (including phenoxy) is 1. The Morgan fingerprint density at radius 1 is 1.14 bits per heavy atom. The standard InChI is InChI=1S/C15H11ClFNO3/c1-21-15(20)9-2-5-11(6-3-9)18-14(19)12-8-10(16)4-7-13(12)17/h2-8H,1H3,(H,18,19). The number of carbonyl (C=O) groups excluding carboxylic acids is 2. The van der Waals surface area contributed by atoms with Crippen LogP contribution in [-0.4, -0.2) is 19.0 Å². The van der Waals surface area contributed by atoms with Gasteiger partial charge in [0.25, 0.3) is 5.91 Å². The minimum Gasteiger partial charge on any atom is -0.465 e. The summed E-state index contributed by atoms with van der Waals surface area (Å²) in [6, 6.07) is 9.76. The molecule has 2 aromatic carbocycles. The minimum atomic E-state index is -0.664. The molecule has 2 rings (SSSR count). The molecule has 1 amide bonds. The second-order valence-corrected chi connectivity index (χ2v) is 4.58. The molecule has 0 fully saturated rings. The predicted molar refractivity (Wildman–Crippen MR) is 77.1 cm³/mol. The summed E-state index contributed by atoms with van der Waals surface area (Å²) in [4.78, 5) is 23.2. The van der Waals surface area contributed by atoms with E-state index in [9.17, 15) is 14.0 Å². The number of hydrogen-bond donors (Lipinski definition) is 1. The van der Waals surface area contributed by atoms with Crippen LogP contribution in [0.1, 0.15) is 20.7 Å². The third-order valence-corrected chi connectivity index (χ3v) is 2.97. The molecule has 0 aliphatic carbocycles. The topological polar surface area (TPSA) is 55.4 Å². The van der Waals surface area contributed by atoms with E-state index in [2.05, 4.69) is 10.1 Å². The number of nitrogens with one attached hydrogen (secondary N) is 1. The van der Waals surface area contributed by atoms with Crippen LogP contribution in [0.3, 0.4) is 0 Å². The molecule has 2 aromatic rings. The zero-order chi connectivity index (χ0) is 15.4. The van der Waals surface area contributed by atoms with Crippen molar-refractivity contribution in [3.63, 3.8) is 0 Å². The summed E-state index contributed by atoms with van der Waals surface area (Å²) in [7, 11) is 1.28. The Morgan fingerprint density at radius 3 is 2.43 bits per heavy atom. The number of rotatable bonds is 3. The Bertz CT molecular complexity index is 686. The van der Waals surface area contributed by atoms with E-state index in [-0.39, 0.29) is 10.6 Å². The lowest BCUT2D eigenvalue weighted by atomic mass is 10.1. The molecular weight excluding hydrogens is 297 g/mol. The van der Waals surface area contributed by atoms with E-state index in [0.29, 0.717) is 11.3 Å². The van der Waals surface area contributed by atoms with E-state index in [0.717, 1.165) is 6.07 Å². The summed E-state index contributed by atoms with van der Waals surface area (Å²) in [5, 5.41) is 2.79. The van der Waals surface area contributed by atoms with Gasteiger partial charge in [0.2, 0.25) is 0 Å². The van der Waals surface area contributed by atoms with Crippen molar-refractivity contribution in [2.45, 2.75) is 0 Å². The predicted octanol–water partition coefficient (Wildman–Crippen LogP) is 3.52. The molecule has 0 aromatic heterocycles. The molecule has 0 atom stereocenters. The molecule has 0 saturated heterocycles. The van der Waals surface area contributed by atoms with E-state index in [1.807, 2.05) is 0 Å². The third kappa shape index (κ3) is 3.58. The molecule has 6 heteroatoms. The Hall–Kier alpha value is -2.40. The van der Waals surface area contributed by atoms with Gasteiger partial charge in [0, 0.05) is 10.7 Å².